The fourth-order valence-corrected chi connectivity index (χ4v) is 2.40. The number of amides is 1. The number of aliphatic hydroxyl groups excluding tert-OH is 1. The molecule has 16 heavy (non-hydrogen) atoms. The highest BCUT2D eigenvalue weighted by Crippen LogP contribution is 2.21. The average Bonchev–Trinajstić information content (AvgIpc) is 2.27. The lowest BCUT2D eigenvalue weighted by Gasteiger charge is -2.37. The van der Waals surface area contributed by atoms with E-state index in [1.807, 2.05) is 18.7 Å². The highest BCUT2D eigenvalue weighted by Gasteiger charge is 2.28. The minimum atomic E-state index is -0.256. The summed E-state index contributed by atoms with van der Waals surface area (Å²) in [4.78, 5) is 13.5. The van der Waals surface area contributed by atoms with Crippen molar-refractivity contribution in [3.63, 3.8) is 0 Å². The molecule has 94 valence electrons. The van der Waals surface area contributed by atoms with Gasteiger partial charge in [0.2, 0.25) is 5.91 Å². The molecule has 0 aromatic rings. The van der Waals surface area contributed by atoms with Gasteiger partial charge in [-0.15, -0.1) is 0 Å². The summed E-state index contributed by atoms with van der Waals surface area (Å²) < 4.78 is 0. The van der Waals surface area contributed by atoms with Crippen molar-refractivity contribution in [2.45, 2.75) is 51.7 Å². The van der Waals surface area contributed by atoms with Crippen LogP contribution in [0, 0.1) is 5.92 Å². The summed E-state index contributed by atoms with van der Waals surface area (Å²) in [7, 11) is 0. The Morgan fingerprint density at radius 3 is 2.75 bits per heavy atom. The Balaban J connectivity index is 2.50. The summed E-state index contributed by atoms with van der Waals surface area (Å²) in [6, 6.07) is 0.0679. The van der Waals surface area contributed by atoms with E-state index in [0.717, 1.165) is 25.8 Å². The molecule has 0 aliphatic carbocycles. The van der Waals surface area contributed by atoms with Crippen LogP contribution in [0.15, 0.2) is 0 Å². The standard InChI is InChI=1S/C12H24N2O2/c1-3-11(15)6-9-5-10(13)8-14(7-9)12(16)4-2/h9-11,15H,3-8,13H2,1-2H3. The molecule has 1 saturated heterocycles. The molecule has 0 aromatic heterocycles. The van der Waals surface area contributed by atoms with Crippen LogP contribution in [0.2, 0.25) is 0 Å². The van der Waals surface area contributed by atoms with Gasteiger partial charge in [0, 0.05) is 25.6 Å². The molecular weight excluding hydrogens is 204 g/mol. The van der Waals surface area contributed by atoms with Gasteiger partial charge in [-0.25, -0.2) is 0 Å². The van der Waals surface area contributed by atoms with Crippen molar-refractivity contribution in [3.8, 4) is 0 Å². The van der Waals surface area contributed by atoms with Crippen molar-refractivity contribution in [2.24, 2.45) is 11.7 Å². The van der Waals surface area contributed by atoms with Crippen molar-refractivity contribution in [3.05, 3.63) is 0 Å². The second-order valence-corrected chi connectivity index (χ2v) is 4.81. The van der Waals surface area contributed by atoms with Crippen LogP contribution in [0.25, 0.3) is 0 Å². The Morgan fingerprint density at radius 1 is 1.50 bits per heavy atom. The summed E-state index contributed by atoms with van der Waals surface area (Å²) in [5, 5.41) is 9.63. The number of likely N-dealkylation sites (tertiary alicyclic amines) is 1. The zero-order valence-electron chi connectivity index (χ0n) is 10.4. The number of carbonyl (C=O) groups excluding carboxylic acids is 1. The molecule has 1 heterocycles. The predicted molar refractivity (Wildman–Crippen MR) is 63.9 cm³/mol. The molecule has 0 saturated carbocycles. The maximum atomic E-state index is 11.6. The first-order valence-electron chi connectivity index (χ1n) is 6.28. The van der Waals surface area contributed by atoms with E-state index in [2.05, 4.69) is 0 Å². The number of nitrogens with zero attached hydrogens (tertiary/aromatic N) is 1. The van der Waals surface area contributed by atoms with Crippen LogP contribution in [-0.4, -0.2) is 41.1 Å². The molecule has 3 atom stereocenters. The zero-order chi connectivity index (χ0) is 12.1. The van der Waals surface area contributed by atoms with E-state index in [-0.39, 0.29) is 18.1 Å². The number of rotatable bonds is 4. The molecule has 0 spiro atoms. The van der Waals surface area contributed by atoms with Crippen LogP contribution in [0.3, 0.4) is 0 Å². The van der Waals surface area contributed by atoms with E-state index < -0.39 is 0 Å². The molecule has 1 amide bonds. The van der Waals surface area contributed by atoms with Crippen molar-refractivity contribution in [1.82, 2.24) is 4.90 Å². The molecule has 4 nitrogen and oxygen atoms in total. The Labute approximate surface area is 97.8 Å². The van der Waals surface area contributed by atoms with Crippen LogP contribution in [0.5, 0.6) is 0 Å². The van der Waals surface area contributed by atoms with Gasteiger partial charge in [-0.05, 0) is 25.2 Å². The predicted octanol–water partition coefficient (Wildman–Crippen LogP) is 0.733. The molecule has 3 N–H and O–H groups in total. The van der Waals surface area contributed by atoms with Crippen molar-refractivity contribution in [1.29, 1.82) is 0 Å². The summed E-state index contributed by atoms with van der Waals surface area (Å²) in [6.07, 6.45) is 2.74. The van der Waals surface area contributed by atoms with Gasteiger partial charge in [0.05, 0.1) is 6.10 Å². The third-order valence-electron chi connectivity index (χ3n) is 3.30. The number of aliphatic hydroxyl groups is 1. The van der Waals surface area contributed by atoms with Gasteiger partial charge < -0.3 is 15.7 Å². The highest BCUT2D eigenvalue weighted by atomic mass is 16.3. The van der Waals surface area contributed by atoms with E-state index in [9.17, 15) is 9.90 Å². The van der Waals surface area contributed by atoms with Gasteiger partial charge in [-0.2, -0.15) is 0 Å². The zero-order valence-corrected chi connectivity index (χ0v) is 10.4. The Hall–Kier alpha value is -0.610. The SMILES string of the molecule is CCC(=O)N1CC(N)CC(CC(O)CC)C1. The first-order chi connectivity index (χ1) is 7.56. The van der Waals surface area contributed by atoms with Crippen LogP contribution in [0.1, 0.15) is 39.5 Å². The van der Waals surface area contributed by atoms with Gasteiger partial charge >= 0.3 is 0 Å². The molecule has 1 fully saturated rings. The summed E-state index contributed by atoms with van der Waals surface area (Å²) >= 11 is 0. The summed E-state index contributed by atoms with van der Waals surface area (Å²) in [5.41, 5.74) is 5.95. The van der Waals surface area contributed by atoms with E-state index in [1.54, 1.807) is 0 Å². The third kappa shape index (κ3) is 3.76. The molecule has 1 rings (SSSR count). The number of hydrogen-bond donors (Lipinski definition) is 2. The minimum Gasteiger partial charge on any atom is -0.393 e. The fourth-order valence-electron chi connectivity index (χ4n) is 2.40. The minimum absolute atomic E-state index is 0.0679. The molecule has 4 heteroatoms. The second kappa shape index (κ2) is 6.21. The lowest BCUT2D eigenvalue weighted by Crippen LogP contribution is -2.49. The molecule has 0 aromatic carbocycles. The Kier molecular flexibility index (Phi) is 5.22. The molecule has 0 bridgehead atoms. The molecule has 1 aliphatic rings. The number of carbonyl (C=O) groups is 1. The fraction of sp³-hybridized carbons (Fsp3) is 0.917. The summed E-state index contributed by atoms with van der Waals surface area (Å²) in [5.74, 6) is 0.528. The monoisotopic (exact) mass is 228 g/mol. The van der Waals surface area contributed by atoms with E-state index in [0.29, 0.717) is 18.9 Å². The van der Waals surface area contributed by atoms with Crippen LogP contribution >= 0.6 is 0 Å². The largest absolute Gasteiger partial charge is 0.393 e. The lowest BCUT2D eigenvalue weighted by molar-refractivity contribution is -0.133. The van der Waals surface area contributed by atoms with E-state index in [4.69, 9.17) is 5.73 Å². The van der Waals surface area contributed by atoms with Gasteiger partial charge in [-0.1, -0.05) is 13.8 Å². The molecule has 3 unspecified atom stereocenters. The average molecular weight is 228 g/mol. The Morgan fingerprint density at radius 2 is 2.19 bits per heavy atom. The van der Waals surface area contributed by atoms with Gasteiger partial charge in [0.1, 0.15) is 0 Å². The third-order valence-corrected chi connectivity index (χ3v) is 3.30. The van der Waals surface area contributed by atoms with Gasteiger partial charge in [0.25, 0.3) is 0 Å². The number of nitrogens with two attached hydrogens (primary N) is 1. The highest BCUT2D eigenvalue weighted by molar-refractivity contribution is 5.76. The molecule has 1 aliphatic heterocycles. The number of piperidine rings is 1. The Bertz CT molecular complexity index is 233. The van der Waals surface area contributed by atoms with Crippen LogP contribution < -0.4 is 5.73 Å². The van der Waals surface area contributed by atoms with Crippen LogP contribution in [-0.2, 0) is 4.79 Å². The number of hydrogen-bond acceptors (Lipinski definition) is 3. The maximum Gasteiger partial charge on any atom is 0.222 e. The van der Waals surface area contributed by atoms with Crippen LogP contribution in [0.4, 0.5) is 0 Å². The molecular formula is C12H24N2O2. The smallest absolute Gasteiger partial charge is 0.222 e. The summed E-state index contributed by atoms with van der Waals surface area (Å²) in [6.45, 7) is 5.28. The van der Waals surface area contributed by atoms with Crippen molar-refractivity contribution < 1.29 is 9.90 Å². The van der Waals surface area contributed by atoms with E-state index in [1.165, 1.54) is 0 Å². The normalized spacial score (nSPS) is 27.9. The maximum absolute atomic E-state index is 11.6. The van der Waals surface area contributed by atoms with Gasteiger partial charge in [0.15, 0.2) is 0 Å². The van der Waals surface area contributed by atoms with Crippen molar-refractivity contribution >= 4 is 5.91 Å². The van der Waals surface area contributed by atoms with Gasteiger partial charge in [-0.3, -0.25) is 4.79 Å². The topological polar surface area (TPSA) is 66.6 Å². The molecule has 0 radical (unpaired) electrons. The quantitative estimate of drug-likeness (QED) is 0.745. The first kappa shape index (κ1) is 13.5. The van der Waals surface area contributed by atoms with Crippen molar-refractivity contribution in [2.75, 3.05) is 13.1 Å². The second-order valence-electron chi connectivity index (χ2n) is 4.81. The van der Waals surface area contributed by atoms with E-state index >= 15 is 0 Å². The lowest BCUT2D eigenvalue weighted by atomic mass is 9.89. The first-order valence-corrected chi connectivity index (χ1v) is 6.28.